The summed E-state index contributed by atoms with van der Waals surface area (Å²) in [5.41, 5.74) is 3.65. The third-order valence-electron chi connectivity index (χ3n) is 4.28. The van der Waals surface area contributed by atoms with Crippen LogP contribution < -0.4 is 0 Å². The molecule has 0 saturated heterocycles. The first-order chi connectivity index (χ1) is 11.5. The van der Waals surface area contributed by atoms with Crippen molar-refractivity contribution in [3.63, 3.8) is 0 Å². The number of hydrogen-bond acceptors (Lipinski definition) is 2. The van der Waals surface area contributed by atoms with Crippen molar-refractivity contribution in [2.45, 2.75) is 18.2 Å². The number of hydrogen-bond donors (Lipinski definition) is 1. The Morgan fingerprint density at radius 2 is 1.58 bits per heavy atom. The van der Waals surface area contributed by atoms with Crippen LogP contribution in [-0.4, -0.2) is 18.0 Å². The minimum atomic E-state index is -0.865. The number of fused-ring (bicyclic) bond motifs is 1. The molecule has 0 radical (unpaired) electrons. The van der Waals surface area contributed by atoms with E-state index in [9.17, 15) is 13.9 Å². The lowest BCUT2D eigenvalue weighted by molar-refractivity contribution is 0.300. The number of rotatable bonds is 4. The predicted molar refractivity (Wildman–Crippen MR) is 96.6 cm³/mol. The van der Waals surface area contributed by atoms with Gasteiger partial charge >= 0.3 is 0 Å². The van der Waals surface area contributed by atoms with Crippen molar-refractivity contribution in [1.29, 1.82) is 0 Å². The Labute approximate surface area is 144 Å². The third-order valence-corrected chi connectivity index (χ3v) is 5.02. The van der Waals surface area contributed by atoms with Gasteiger partial charge in [-0.25, -0.2) is 8.78 Å². The smallest absolute Gasteiger partial charge is 0.159 e. The van der Waals surface area contributed by atoms with Gasteiger partial charge in [-0.3, -0.25) is 0 Å². The molecule has 0 spiro atoms. The van der Waals surface area contributed by atoms with E-state index in [-0.39, 0.29) is 6.61 Å². The van der Waals surface area contributed by atoms with E-state index in [1.807, 2.05) is 43.5 Å². The maximum absolute atomic E-state index is 13.9. The fourth-order valence-corrected chi connectivity index (χ4v) is 3.47. The molecular weight excluding hydrogens is 326 g/mol. The summed E-state index contributed by atoms with van der Waals surface area (Å²) in [5, 5.41) is 10.6. The van der Waals surface area contributed by atoms with Gasteiger partial charge in [0.25, 0.3) is 0 Å². The largest absolute Gasteiger partial charge is 0.396 e. The molecule has 24 heavy (non-hydrogen) atoms. The maximum Gasteiger partial charge on any atom is 0.159 e. The van der Waals surface area contributed by atoms with Crippen molar-refractivity contribution in [2.75, 3.05) is 12.9 Å². The minimum Gasteiger partial charge on any atom is -0.396 e. The van der Waals surface area contributed by atoms with Crippen LogP contribution in [0.15, 0.2) is 47.4 Å². The van der Waals surface area contributed by atoms with Crippen molar-refractivity contribution < 1.29 is 13.9 Å². The molecule has 4 heteroatoms. The lowest BCUT2D eigenvalue weighted by atomic mass is 9.90. The second-order valence-corrected chi connectivity index (χ2v) is 6.61. The average Bonchev–Trinajstić information content (AvgIpc) is 2.59. The van der Waals surface area contributed by atoms with E-state index in [1.54, 1.807) is 11.8 Å². The lowest BCUT2D eigenvalue weighted by Crippen LogP contribution is -1.99. The molecule has 0 saturated carbocycles. The Hall–Kier alpha value is -1.91. The molecule has 0 bridgehead atoms. The summed E-state index contributed by atoms with van der Waals surface area (Å²) >= 11 is 1.66. The van der Waals surface area contributed by atoms with E-state index in [0.29, 0.717) is 17.2 Å². The van der Waals surface area contributed by atoms with Crippen molar-refractivity contribution in [3.8, 4) is 11.1 Å². The molecule has 0 unspecified atom stereocenters. The normalized spacial score (nSPS) is 11.2. The molecule has 3 aromatic carbocycles. The number of thioether (sulfide) groups is 1. The van der Waals surface area contributed by atoms with Gasteiger partial charge in [-0.2, -0.15) is 0 Å². The van der Waals surface area contributed by atoms with Gasteiger partial charge in [0, 0.05) is 11.5 Å². The summed E-state index contributed by atoms with van der Waals surface area (Å²) in [7, 11) is 0. The molecular formula is C20H18F2OS. The molecule has 124 valence electrons. The van der Waals surface area contributed by atoms with Gasteiger partial charge in [0.15, 0.2) is 11.6 Å². The molecule has 0 atom stereocenters. The second kappa shape index (κ2) is 6.91. The van der Waals surface area contributed by atoms with Gasteiger partial charge in [-0.1, -0.05) is 18.2 Å². The van der Waals surface area contributed by atoms with E-state index < -0.39 is 11.6 Å². The van der Waals surface area contributed by atoms with Gasteiger partial charge in [-0.05, 0) is 76.9 Å². The summed E-state index contributed by atoms with van der Waals surface area (Å²) in [6, 6.07) is 12.5. The first-order valence-electron chi connectivity index (χ1n) is 7.71. The van der Waals surface area contributed by atoms with Gasteiger partial charge in [0.2, 0.25) is 0 Å². The SMILES string of the molecule is CSc1ccc(-c2cc(C)c(CCO)c3cc(F)c(F)cc23)cc1. The Bertz CT molecular complexity index is 889. The van der Waals surface area contributed by atoms with Crippen LogP contribution in [0.3, 0.4) is 0 Å². The summed E-state index contributed by atoms with van der Waals surface area (Å²) in [6.45, 7) is 1.90. The second-order valence-electron chi connectivity index (χ2n) is 5.73. The van der Waals surface area contributed by atoms with Crippen LogP contribution in [0, 0.1) is 18.6 Å². The summed E-state index contributed by atoms with van der Waals surface area (Å²) in [6.07, 6.45) is 2.43. The molecule has 1 N–H and O–H groups in total. The summed E-state index contributed by atoms with van der Waals surface area (Å²) < 4.78 is 27.6. The number of aliphatic hydroxyl groups is 1. The molecule has 1 nitrogen and oxygen atoms in total. The molecule has 0 heterocycles. The fraction of sp³-hybridized carbons (Fsp3) is 0.200. The van der Waals surface area contributed by atoms with Crippen LogP contribution in [0.5, 0.6) is 0 Å². The molecule has 0 aromatic heterocycles. The number of aliphatic hydroxyl groups excluding tert-OH is 1. The van der Waals surface area contributed by atoms with E-state index in [1.165, 1.54) is 12.1 Å². The molecule has 3 rings (SSSR count). The van der Waals surface area contributed by atoms with Crippen LogP contribution in [-0.2, 0) is 6.42 Å². The van der Waals surface area contributed by atoms with Crippen molar-refractivity contribution in [1.82, 2.24) is 0 Å². The lowest BCUT2D eigenvalue weighted by Gasteiger charge is -2.15. The van der Waals surface area contributed by atoms with E-state index in [4.69, 9.17) is 0 Å². The van der Waals surface area contributed by atoms with Crippen molar-refractivity contribution in [3.05, 3.63) is 65.2 Å². The van der Waals surface area contributed by atoms with Gasteiger partial charge < -0.3 is 5.11 Å². The van der Waals surface area contributed by atoms with E-state index in [0.717, 1.165) is 27.1 Å². The third kappa shape index (κ3) is 3.04. The first kappa shape index (κ1) is 16.9. The summed E-state index contributed by atoms with van der Waals surface area (Å²) in [5.74, 6) is -1.72. The van der Waals surface area contributed by atoms with Gasteiger partial charge in [0.1, 0.15) is 0 Å². The minimum absolute atomic E-state index is 0.0310. The van der Waals surface area contributed by atoms with Crippen LogP contribution in [0.4, 0.5) is 8.78 Å². The van der Waals surface area contributed by atoms with E-state index in [2.05, 4.69) is 0 Å². The highest BCUT2D eigenvalue weighted by molar-refractivity contribution is 7.98. The molecule has 0 aliphatic carbocycles. The molecule has 3 aromatic rings. The zero-order chi connectivity index (χ0) is 17.3. The van der Waals surface area contributed by atoms with Gasteiger partial charge in [-0.15, -0.1) is 11.8 Å². The molecule has 0 aliphatic rings. The topological polar surface area (TPSA) is 20.2 Å². The summed E-state index contributed by atoms with van der Waals surface area (Å²) in [4.78, 5) is 1.15. The van der Waals surface area contributed by atoms with Crippen LogP contribution in [0.1, 0.15) is 11.1 Å². The quantitative estimate of drug-likeness (QED) is 0.644. The number of aryl methyl sites for hydroxylation is 1. The van der Waals surface area contributed by atoms with Crippen LogP contribution in [0.25, 0.3) is 21.9 Å². The molecule has 0 fully saturated rings. The predicted octanol–water partition coefficient (Wildman–Crippen LogP) is 5.35. The molecule has 0 amide bonds. The zero-order valence-electron chi connectivity index (χ0n) is 13.6. The first-order valence-corrected chi connectivity index (χ1v) is 8.94. The van der Waals surface area contributed by atoms with Crippen LogP contribution in [0.2, 0.25) is 0 Å². The van der Waals surface area contributed by atoms with Gasteiger partial charge in [0.05, 0.1) is 0 Å². The highest BCUT2D eigenvalue weighted by Gasteiger charge is 2.14. The average molecular weight is 344 g/mol. The Morgan fingerprint density at radius 1 is 0.958 bits per heavy atom. The molecule has 0 aliphatic heterocycles. The monoisotopic (exact) mass is 344 g/mol. The Kier molecular flexibility index (Phi) is 4.88. The van der Waals surface area contributed by atoms with Crippen molar-refractivity contribution >= 4 is 22.5 Å². The van der Waals surface area contributed by atoms with Crippen LogP contribution >= 0.6 is 11.8 Å². The number of halogens is 2. The van der Waals surface area contributed by atoms with E-state index >= 15 is 0 Å². The Morgan fingerprint density at radius 3 is 2.17 bits per heavy atom. The highest BCUT2D eigenvalue weighted by atomic mass is 32.2. The standard InChI is InChI=1S/C20H18F2OS/c1-12-9-16(13-3-5-14(24-2)6-4-13)18-11-20(22)19(21)10-17(18)15(12)7-8-23/h3-6,9-11,23H,7-8H2,1-2H3. The van der Waals surface area contributed by atoms with Crippen molar-refractivity contribution in [2.24, 2.45) is 0 Å². The maximum atomic E-state index is 13.9. The number of benzene rings is 3. The zero-order valence-corrected chi connectivity index (χ0v) is 14.4. The fourth-order valence-electron chi connectivity index (χ4n) is 3.07. The highest BCUT2D eigenvalue weighted by Crippen LogP contribution is 2.35. The Balaban J connectivity index is 2.31.